The van der Waals surface area contributed by atoms with Crippen LogP contribution in [0, 0.1) is 0 Å². The Balaban J connectivity index is 1.42. The maximum absolute atomic E-state index is 12.8. The van der Waals surface area contributed by atoms with Crippen molar-refractivity contribution in [3.8, 4) is 5.75 Å². The number of hydrogen-bond acceptors (Lipinski definition) is 6. The minimum absolute atomic E-state index is 0.0802. The van der Waals surface area contributed by atoms with Crippen molar-refractivity contribution in [3.63, 3.8) is 0 Å². The molecule has 1 aliphatic heterocycles. The number of carbonyl (C=O) groups excluding carboxylic acids is 1. The molecule has 3 aromatic rings. The number of thiazole rings is 1. The molecule has 0 spiro atoms. The van der Waals surface area contributed by atoms with E-state index in [1.54, 1.807) is 23.1 Å². The Morgan fingerprint density at radius 3 is 2.57 bits per heavy atom. The van der Waals surface area contributed by atoms with Gasteiger partial charge in [0.05, 0.1) is 16.8 Å². The number of piperazine rings is 1. The maximum atomic E-state index is 12.8. The number of ether oxygens (including phenoxy) is 1. The lowest BCUT2D eigenvalue weighted by Gasteiger charge is -2.34. The van der Waals surface area contributed by atoms with Gasteiger partial charge in [0.2, 0.25) is 0 Å². The van der Waals surface area contributed by atoms with Gasteiger partial charge in [0.1, 0.15) is 5.75 Å². The number of hydrogen-bond donors (Lipinski definition) is 0. The first-order chi connectivity index (χ1) is 13.7. The van der Waals surface area contributed by atoms with Crippen LogP contribution in [0.25, 0.3) is 10.2 Å². The SMILES string of the molecule is CCOc1ccc(C(=O)N2CCN(c3nc4c(SC)cccc4s3)CC2)cc1. The van der Waals surface area contributed by atoms with Crippen LogP contribution >= 0.6 is 23.1 Å². The van der Waals surface area contributed by atoms with Crippen LogP contribution in [-0.2, 0) is 0 Å². The van der Waals surface area contributed by atoms with Gasteiger partial charge in [-0.3, -0.25) is 4.79 Å². The van der Waals surface area contributed by atoms with Gasteiger partial charge in [-0.1, -0.05) is 17.4 Å². The fraction of sp³-hybridized carbons (Fsp3) is 0.333. The molecule has 4 rings (SSSR count). The molecule has 1 aliphatic rings. The lowest BCUT2D eigenvalue weighted by atomic mass is 10.1. The first kappa shape index (κ1) is 19.1. The molecule has 0 saturated carbocycles. The van der Waals surface area contributed by atoms with E-state index in [2.05, 4.69) is 29.4 Å². The standard InChI is InChI=1S/C21H23N3O2S2/c1-3-26-16-9-7-15(8-10-16)20(25)23-11-13-24(14-12-23)21-22-19-17(27-2)5-4-6-18(19)28-21/h4-10H,3,11-14H2,1-2H3. The van der Waals surface area contributed by atoms with Crippen LogP contribution in [-0.4, -0.2) is 54.8 Å². The third kappa shape index (κ3) is 3.82. The van der Waals surface area contributed by atoms with Crippen molar-refractivity contribution in [3.05, 3.63) is 48.0 Å². The average molecular weight is 414 g/mol. The first-order valence-corrected chi connectivity index (χ1v) is 11.4. The third-order valence-electron chi connectivity index (χ3n) is 4.84. The highest BCUT2D eigenvalue weighted by Crippen LogP contribution is 2.34. The fourth-order valence-electron chi connectivity index (χ4n) is 3.36. The van der Waals surface area contributed by atoms with E-state index in [4.69, 9.17) is 9.72 Å². The Kier molecular flexibility index (Phi) is 5.73. The van der Waals surface area contributed by atoms with E-state index in [9.17, 15) is 4.79 Å². The van der Waals surface area contributed by atoms with Crippen molar-refractivity contribution < 1.29 is 9.53 Å². The molecule has 0 aliphatic carbocycles. The van der Waals surface area contributed by atoms with Crippen LogP contribution in [0.15, 0.2) is 47.4 Å². The van der Waals surface area contributed by atoms with E-state index in [-0.39, 0.29) is 5.91 Å². The highest BCUT2D eigenvalue weighted by atomic mass is 32.2. The minimum atomic E-state index is 0.0802. The smallest absolute Gasteiger partial charge is 0.253 e. The van der Waals surface area contributed by atoms with Crippen molar-refractivity contribution in [1.82, 2.24) is 9.88 Å². The topological polar surface area (TPSA) is 45.7 Å². The molecule has 5 nitrogen and oxygen atoms in total. The molecule has 1 fully saturated rings. The summed E-state index contributed by atoms with van der Waals surface area (Å²) in [6.45, 7) is 5.59. The van der Waals surface area contributed by atoms with E-state index < -0.39 is 0 Å². The summed E-state index contributed by atoms with van der Waals surface area (Å²) in [5, 5.41) is 1.05. The van der Waals surface area contributed by atoms with Gasteiger partial charge in [-0.05, 0) is 49.6 Å². The number of amides is 1. The molecule has 0 atom stereocenters. The molecule has 28 heavy (non-hydrogen) atoms. The fourth-order valence-corrected chi connectivity index (χ4v) is 5.03. The maximum Gasteiger partial charge on any atom is 0.253 e. The second kappa shape index (κ2) is 8.41. The highest BCUT2D eigenvalue weighted by molar-refractivity contribution is 7.98. The van der Waals surface area contributed by atoms with Gasteiger partial charge in [0.15, 0.2) is 5.13 Å². The lowest BCUT2D eigenvalue weighted by molar-refractivity contribution is 0.0746. The molecular weight excluding hydrogens is 390 g/mol. The largest absolute Gasteiger partial charge is 0.494 e. The molecule has 0 radical (unpaired) electrons. The highest BCUT2D eigenvalue weighted by Gasteiger charge is 2.24. The van der Waals surface area contributed by atoms with Crippen LogP contribution in [0.3, 0.4) is 0 Å². The second-order valence-corrected chi connectivity index (χ2v) is 8.40. The van der Waals surface area contributed by atoms with E-state index >= 15 is 0 Å². The number of benzene rings is 2. The predicted octanol–water partition coefficient (Wildman–Crippen LogP) is 4.38. The number of fused-ring (bicyclic) bond motifs is 1. The summed E-state index contributed by atoms with van der Waals surface area (Å²) in [6, 6.07) is 13.7. The average Bonchev–Trinajstić information content (AvgIpc) is 3.18. The molecular formula is C21H23N3O2S2. The van der Waals surface area contributed by atoms with Gasteiger partial charge in [-0.15, -0.1) is 11.8 Å². The quantitative estimate of drug-likeness (QED) is 0.581. The van der Waals surface area contributed by atoms with Crippen molar-refractivity contribution in [2.24, 2.45) is 0 Å². The van der Waals surface area contributed by atoms with Gasteiger partial charge in [0.25, 0.3) is 5.91 Å². The van der Waals surface area contributed by atoms with Crippen LogP contribution in [0.5, 0.6) is 5.75 Å². The molecule has 7 heteroatoms. The number of nitrogens with zero attached hydrogens (tertiary/aromatic N) is 3. The van der Waals surface area contributed by atoms with Crippen molar-refractivity contribution in [1.29, 1.82) is 0 Å². The Morgan fingerprint density at radius 2 is 1.89 bits per heavy atom. The summed E-state index contributed by atoms with van der Waals surface area (Å²) >= 11 is 3.46. The molecule has 146 valence electrons. The van der Waals surface area contributed by atoms with Gasteiger partial charge < -0.3 is 14.5 Å². The van der Waals surface area contributed by atoms with Gasteiger partial charge in [-0.25, -0.2) is 4.98 Å². The summed E-state index contributed by atoms with van der Waals surface area (Å²) in [5.41, 5.74) is 1.80. The first-order valence-electron chi connectivity index (χ1n) is 9.40. The molecule has 1 aromatic heterocycles. The molecule has 2 heterocycles. The lowest BCUT2D eigenvalue weighted by Crippen LogP contribution is -2.48. The van der Waals surface area contributed by atoms with E-state index in [1.807, 2.05) is 36.1 Å². The zero-order valence-corrected chi connectivity index (χ0v) is 17.7. The number of anilines is 1. The zero-order valence-electron chi connectivity index (χ0n) is 16.1. The molecule has 2 aromatic carbocycles. The summed E-state index contributed by atoms with van der Waals surface area (Å²) in [4.78, 5) is 23.1. The molecule has 1 saturated heterocycles. The van der Waals surface area contributed by atoms with Crippen molar-refractivity contribution in [2.45, 2.75) is 11.8 Å². The van der Waals surface area contributed by atoms with Crippen LogP contribution in [0.1, 0.15) is 17.3 Å². The van der Waals surface area contributed by atoms with E-state index in [0.29, 0.717) is 25.3 Å². The van der Waals surface area contributed by atoms with Crippen molar-refractivity contribution >= 4 is 44.4 Å². The second-order valence-electron chi connectivity index (χ2n) is 6.54. The number of carbonyl (C=O) groups is 1. The number of para-hydroxylation sites is 1. The molecule has 0 bridgehead atoms. The number of aromatic nitrogens is 1. The van der Waals surface area contributed by atoms with Gasteiger partial charge in [0, 0.05) is 36.6 Å². The van der Waals surface area contributed by atoms with Crippen LogP contribution < -0.4 is 9.64 Å². The monoisotopic (exact) mass is 413 g/mol. The van der Waals surface area contributed by atoms with E-state index in [0.717, 1.165) is 29.5 Å². The Bertz CT molecular complexity index is 963. The Morgan fingerprint density at radius 1 is 1.14 bits per heavy atom. The molecule has 0 N–H and O–H groups in total. The van der Waals surface area contributed by atoms with Crippen molar-refractivity contribution in [2.75, 3.05) is 43.9 Å². The number of thioether (sulfide) groups is 1. The Labute approximate surface area is 173 Å². The summed E-state index contributed by atoms with van der Waals surface area (Å²) < 4.78 is 6.67. The normalized spacial score (nSPS) is 14.5. The summed E-state index contributed by atoms with van der Waals surface area (Å²) in [6.07, 6.45) is 2.08. The predicted molar refractivity (Wildman–Crippen MR) is 117 cm³/mol. The zero-order chi connectivity index (χ0) is 19.5. The van der Waals surface area contributed by atoms with Gasteiger partial charge in [-0.2, -0.15) is 0 Å². The van der Waals surface area contributed by atoms with Crippen LogP contribution in [0.2, 0.25) is 0 Å². The summed E-state index contributed by atoms with van der Waals surface area (Å²) in [5.74, 6) is 0.876. The number of rotatable bonds is 5. The van der Waals surface area contributed by atoms with Gasteiger partial charge >= 0.3 is 0 Å². The molecule has 0 unspecified atom stereocenters. The van der Waals surface area contributed by atoms with Crippen LogP contribution in [0.4, 0.5) is 5.13 Å². The molecule has 1 amide bonds. The summed E-state index contributed by atoms with van der Waals surface area (Å²) in [7, 11) is 0. The third-order valence-corrected chi connectivity index (χ3v) is 6.69. The Hall–Kier alpha value is -2.25. The van der Waals surface area contributed by atoms with E-state index in [1.165, 1.54) is 9.60 Å². The minimum Gasteiger partial charge on any atom is -0.494 e.